The zero-order valence-corrected chi connectivity index (χ0v) is 12.0. The van der Waals surface area contributed by atoms with Gasteiger partial charge in [0.2, 0.25) is 0 Å². The van der Waals surface area contributed by atoms with Gasteiger partial charge in [-0.05, 0) is 75.1 Å². The Morgan fingerprint density at radius 3 is 1.13 bits per heavy atom. The lowest BCUT2D eigenvalue weighted by Gasteiger charge is -2.35. The van der Waals surface area contributed by atoms with Crippen LogP contribution in [0.1, 0.15) is 48.0 Å². The molecule has 0 amide bonds. The van der Waals surface area contributed by atoms with Crippen molar-refractivity contribution in [3.8, 4) is 0 Å². The lowest BCUT2D eigenvalue weighted by molar-refractivity contribution is 0.139. The lowest BCUT2D eigenvalue weighted by atomic mass is 10.1. The van der Waals surface area contributed by atoms with Crippen molar-refractivity contribution in [2.45, 2.75) is 59.0 Å². The van der Waals surface area contributed by atoms with E-state index in [0.29, 0.717) is 11.1 Å². The van der Waals surface area contributed by atoms with Crippen LogP contribution in [0.4, 0.5) is 0 Å². The minimum Gasteiger partial charge on any atom is -0.301 e. The molecule has 0 aliphatic carbocycles. The highest BCUT2D eigenvalue weighted by Gasteiger charge is 2.19. The van der Waals surface area contributed by atoms with E-state index in [-0.39, 0.29) is 0 Å². The van der Waals surface area contributed by atoms with Crippen LogP contribution >= 0.6 is 0 Å². The average molecular weight is 214 g/mol. The minimum absolute atomic E-state index is 0.292. The predicted molar refractivity (Wildman–Crippen MR) is 69.4 cm³/mol. The van der Waals surface area contributed by atoms with Gasteiger partial charge >= 0.3 is 0 Å². The van der Waals surface area contributed by atoms with Gasteiger partial charge in [-0.2, -0.15) is 0 Å². The molecule has 0 atom stereocenters. The van der Waals surface area contributed by atoms with Crippen molar-refractivity contribution in [3.63, 3.8) is 0 Å². The highest BCUT2D eigenvalue weighted by atomic mass is 15.2. The summed E-state index contributed by atoms with van der Waals surface area (Å²) < 4.78 is 0. The third kappa shape index (κ3) is 6.16. The van der Waals surface area contributed by atoms with Crippen LogP contribution in [-0.4, -0.2) is 48.1 Å². The summed E-state index contributed by atoms with van der Waals surface area (Å²) >= 11 is 0. The van der Waals surface area contributed by atoms with Crippen LogP contribution in [0.25, 0.3) is 0 Å². The van der Waals surface area contributed by atoms with Gasteiger partial charge in [0.1, 0.15) is 0 Å². The van der Waals surface area contributed by atoms with E-state index in [0.717, 1.165) is 0 Å². The van der Waals surface area contributed by atoms with E-state index in [1.807, 2.05) is 0 Å². The Labute approximate surface area is 96.6 Å². The summed E-state index contributed by atoms with van der Waals surface area (Å²) in [5, 5.41) is 0. The van der Waals surface area contributed by atoms with E-state index < -0.39 is 0 Å². The number of rotatable bonds is 4. The van der Waals surface area contributed by atoms with Crippen LogP contribution < -0.4 is 0 Å². The van der Waals surface area contributed by atoms with E-state index in [2.05, 4.69) is 65.4 Å². The first kappa shape index (κ1) is 14.9. The Morgan fingerprint density at radius 1 is 0.667 bits per heavy atom. The molecular weight excluding hydrogens is 184 g/mol. The van der Waals surface area contributed by atoms with E-state index in [1.54, 1.807) is 0 Å². The molecule has 92 valence electrons. The fourth-order valence-corrected chi connectivity index (χ4v) is 1.22. The first-order valence-electron chi connectivity index (χ1n) is 5.97. The van der Waals surface area contributed by atoms with Crippen LogP contribution in [0.5, 0.6) is 0 Å². The molecule has 0 spiro atoms. The van der Waals surface area contributed by atoms with Crippen molar-refractivity contribution in [2.75, 3.05) is 27.2 Å². The smallest absolute Gasteiger partial charge is 0.0122 e. The summed E-state index contributed by atoms with van der Waals surface area (Å²) in [6.45, 7) is 15.9. The molecule has 0 fully saturated rings. The zero-order chi connectivity index (χ0) is 12.3. The summed E-state index contributed by atoms with van der Waals surface area (Å²) in [4.78, 5) is 4.84. The number of nitrogens with zero attached hydrogens (tertiary/aromatic N) is 2. The molecule has 0 N–H and O–H groups in total. The highest BCUT2D eigenvalue weighted by molar-refractivity contribution is 4.75. The van der Waals surface area contributed by atoms with Crippen molar-refractivity contribution in [1.29, 1.82) is 0 Å². The molecule has 0 aliphatic rings. The average Bonchev–Trinajstić information content (AvgIpc) is 2.00. The normalized spacial score (nSPS) is 14.0. The third-order valence-corrected chi connectivity index (χ3v) is 3.28. The van der Waals surface area contributed by atoms with Gasteiger partial charge in [-0.1, -0.05) is 0 Å². The van der Waals surface area contributed by atoms with Crippen LogP contribution in [0.2, 0.25) is 0 Å². The van der Waals surface area contributed by atoms with Gasteiger partial charge in [-0.15, -0.1) is 0 Å². The van der Waals surface area contributed by atoms with Crippen LogP contribution in [0.3, 0.4) is 0 Å². The Kier molecular flexibility index (Phi) is 5.28. The van der Waals surface area contributed by atoms with Gasteiger partial charge in [0, 0.05) is 11.1 Å². The van der Waals surface area contributed by atoms with Crippen molar-refractivity contribution >= 4 is 0 Å². The van der Waals surface area contributed by atoms with E-state index in [4.69, 9.17) is 0 Å². The second-order valence-corrected chi connectivity index (χ2v) is 6.54. The Morgan fingerprint density at radius 2 is 0.933 bits per heavy atom. The summed E-state index contributed by atoms with van der Waals surface area (Å²) in [6, 6.07) is 0. The van der Waals surface area contributed by atoms with E-state index >= 15 is 0 Å². The molecule has 0 unspecified atom stereocenters. The van der Waals surface area contributed by atoms with Gasteiger partial charge in [0.15, 0.2) is 0 Å². The standard InChI is InChI=1S/C13H30N2/c1-12(2,3)14(7)10-9-11-15(8)13(4,5)6/h9-11H2,1-8H3. The molecule has 0 aliphatic heterocycles. The molecule has 0 aromatic carbocycles. The highest BCUT2D eigenvalue weighted by Crippen LogP contribution is 2.13. The second kappa shape index (κ2) is 5.31. The maximum absolute atomic E-state index is 2.42. The molecular formula is C13H30N2. The first-order chi connectivity index (χ1) is 6.55. The molecule has 0 radical (unpaired) electrons. The Bertz CT molecular complexity index is 154. The maximum Gasteiger partial charge on any atom is 0.0122 e. The lowest BCUT2D eigenvalue weighted by Crippen LogP contribution is -2.42. The molecule has 0 aromatic heterocycles. The number of hydrogen-bond acceptors (Lipinski definition) is 2. The minimum atomic E-state index is 0.292. The van der Waals surface area contributed by atoms with Crippen LogP contribution in [-0.2, 0) is 0 Å². The maximum atomic E-state index is 2.42. The van der Waals surface area contributed by atoms with Gasteiger partial charge in [-0.3, -0.25) is 0 Å². The first-order valence-corrected chi connectivity index (χ1v) is 5.97. The van der Waals surface area contributed by atoms with Crippen molar-refractivity contribution in [2.24, 2.45) is 0 Å². The SMILES string of the molecule is CN(CCCN(C)C(C)(C)C)C(C)(C)C. The fourth-order valence-electron chi connectivity index (χ4n) is 1.22. The van der Waals surface area contributed by atoms with E-state index in [1.165, 1.54) is 19.5 Å². The molecule has 0 aromatic rings. The molecule has 2 heteroatoms. The molecule has 0 saturated heterocycles. The van der Waals surface area contributed by atoms with Crippen molar-refractivity contribution in [3.05, 3.63) is 0 Å². The van der Waals surface area contributed by atoms with Crippen molar-refractivity contribution < 1.29 is 0 Å². The van der Waals surface area contributed by atoms with Crippen molar-refractivity contribution in [1.82, 2.24) is 9.80 Å². The molecule has 0 heterocycles. The summed E-state index contributed by atoms with van der Waals surface area (Å²) in [5.74, 6) is 0. The number of hydrogen-bond donors (Lipinski definition) is 0. The van der Waals surface area contributed by atoms with Gasteiger partial charge < -0.3 is 9.80 Å². The summed E-state index contributed by atoms with van der Waals surface area (Å²) in [6.07, 6.45) is 1.24. The summed E-state index contributed by atoms with van der Waals surface area (Å²) in [5.41, 5.74) is 0.584. The van der Waals surface area contributed by atoms with Gasteiger partial charge in [-0.25, -0.2) is 0 Å². The topological polar surface area (TPSA) is 6.48 Å². The third-order valence-electron chi connectivity index (χ3n) is 3.28. The molecule has 0 bridgehead atoms. The Balaban J connectivity index is 3.81. The second-order valence-electron chi connectivity index (χ2n) is 6.54. The van der Waals surface area contributed by atoms with Crippen LogP contribution in [0.15, 0.2) is 0 Å². The monoisotopic (exact) mass is 214 g/mol. The quantitative estimate of drug-likeness (QED) is 0.710. The fraction of sp³-hybridized carbons (Fsp3) is 1.00. The Hall–Kier alpha value is -0.0800. The largest absolute Gasteiger partial charge is 0.301 e. The zero-order valence-electron chi connectivity index (χ0n) is 12.0. The predicted octanol–water partition coefficient (Wildman–Crippen LogP) is 2.84. The molecule has 0 rings (SSSR count). The van der Waals surface area contributed by atoms with E-state index in [9.17, 15) is 0 Å². The molecule has 2 nitrogen and oxygen atoms in total. The van der Waals surface area contributed by atoms with Gasteiger partial charge in [0.05, 0.1) is 0 Å². The van der Waals surface area contributed by atoms with Crippen LogP contribution in [0, 0.1) is 0 Å². The molecule has 0 saturated carbocycles. The summed E-state index contributed by atoms with van der Waals surface area (Å²) in [7, 11) is 4.41. The van der Waals surface area contributed by atoms with Gasteiger partial charge in [0.25, 0.3) is 0 Å². The molecule has 15 heavy (non-hydrogen) atoms.